The van der Waals surface area contributed by atoms with Crippen molar-refractivity contribution < 1.29 is 18.9 Å². The molecule has 0 amide bonds. The topological polar surface area (TPSA) is 36.9 Å². The molecular weight excluding hydrogens is 292 g/mol. The van der Waals surface area contributed by atoms with E-state index in [-0.39, 0.29) is 5.41 Å². The first-order chi connectivity index (χ1) is 11.3. The molecule has 2 aliphatic heterocycles. The molecule has 0 radical (unpaired) electrons. The van der Waals surface area contributed by atoms with Crippen LogP contribution in [0.25, 0.3) is 0 Å². The summed E-state index contributed by atoms with van der Waals surface area (Å²) in [5.74, 6) is 0.583. The van der Waals surface area contributed by atoms with Crippen molar-refractivity contribution in [2.45, 2.75) is 71.0 Å². The van der Waals surface area contributed by atoms with Gasteiger partial charge >= 0.3 is 0 Å². The maximum atomic E-state index is 5.83. The Labute approximate surface area is 142 Å². The van der Waals surface area contributed by atoms with E-state index in [4.69, 9.17) is 18.9 Å². The van der Waals surface area contributed by atoms with Crippen LogP contribution in [-0.4, -0.2) is 52.4 Å². The van der Waals surface area contributed by atoms with Crippen molar-refractivity contribution in [3.8, 4) is 0 Å². The Bertz CT molecular complexity index is 318. The average Bonchev–Trinajstić information content (AvgIpc) is 2.53. The van der Waals surface area contributed by atoms with Gasteiger partial charge in [-0.3, -0.25) is 0 Å². The van der Waals surface area contributed by atoms with Crippen LogP contribution in [0, 0.1) is 11.3 Å². The largest absolute Gasteiger partial charge is 0.384 e. The molecule has 0 N–H and O–H groups in total. The van der Waals surface area contributed by atoms with E-state index < -0.39 is 0 Å². The number of hydrogen-bond donors (Lipinski definition) is 0. The zero-order valence-electron chi connectivity index (χ0n) is 15.4. The highest BCUT2D eigenvalue weighted by molar-refractivity contribution is 4.95. The molecule has 0 aromatic heterocycles. The normalized spacial score (nSPS) is 33.3. The van der Waals surface area contributed by atoms with E-state index in [1.807, 2.05) is 0 Å². The van der Waals surface area contributed by atoms with Gasteiger partial charge in [-0.25, -0.2) is 0 Å². The van der Waals surface area contributed by atoms with Crippen molar-refractivity contribution in [2.24, 2.45) is 11.3 Å². The summed E-state index contributed by atoms with van der Waals surface area (Å²) >= 11 is 0. The van der Waals surface area contributed by atoms with Crippen LogP contribution in [0.2, 0.25) is 0 Å². The SMILES string of the molecule is CCCCCCOCC1COC1CCC1OCC1(CC)COC. The molecule has 0 bridgehead atoms. The standard InChI is InChI=1S/C19H36O4/c1-4-6-7-8-11-21-12-16-13-22-17(16)9-10-18-19(5-2,14-20-3)15-23-18/h16-18H,4-15H2,1-3H3. The molecule has 2 rings (SSSR count). The van der Waals surface area contributed by atoms with Crippen LogP contribution in [0.15, 0.2) is 0 Å². The zero-order valence-corrected chi connectivity index (χ0v) is 15.4. The fourth-order valence-corrected chi connectivity index (χ4v) is 3.70. The summed E-state index contributed by atoms with van der Waals surface area (Å²) in [7, 11) is 1.79. The van der Waals surface area contributed by atoms with Gasteiger partial charge in [0.2, 0.25) is 0 Å². The van der Waals surface area contributed by atoms with Crippen LogP contribution in [-0.2, 0) is 18.9 Å². The Morgan fingerprint density at radius 1 is 1.09 bits per heavy atom. The maximum absolute atomic E-state index is 5.83. The smallest absolute Gasteiger partial charge is 0.0676 e. The summed E-state index contributed by atoms with van der Waals surface area (Å²) in [6.45, 7) is 8.76. The van der Waals surface area contributed by atoms with Gasteiger partial charge in [-0.05, 0) is 25.7 Å². The predicted molar refractivity (Wildman–Crippen MR) is 91.8 cm³/mol. The fraction of sp³-hybridized carbons (Fsp3) is 1.00. The molecule has 2 heterocycles. The van der Waals surface area contributed by atoms with Crippen LogP contribution >= 0.6 is 0 Å². The number of unbranched alkanes of at least 4 members (excludes halogenated alkanes) is 3. The third-order valence-electron chi connectivity index (χ3n) is 5.63. The predicted octanol–water partition coefficient (Wildman–Crippen LogP) is 3.82. The number of methoxy groups -OCH3 is 1. The van der Waals surface area contributed by atoms with Gasteiger partial charge in [-0.1, -0.05) is 33.1 Å². The van der Waals surface area contributed by atoms with E-state index >= 15 is 0 Å². The monoisotopic (exact) mass is 328 g/mol. The fourth-order valence-electron chi connectivity index (χ4n) is 3.70. The molecule has 2 fully saturated rings. The van der Waals surface area contributed by atoms with Gasteiger partial charge in [0.25, 0.3) is 0 Å². The Morgan fingerprint density at radius 3 is 2.52 bits per heavy atom. The molecule has 2 saturated heterocycles. The molecule has 0 aromatic carbocycles. The van der Waals surface area contributed by atoms with Crippen LogP contribution in [0.1, 0.15) is 58.8 Å². The van der Waals surface area contributed by atoms with Crippen LogP contribution in [0.4, 0.5) is 0 Å². The van der Waals surface area contributed by atoms with Crippen molar-refractivity contribution in [3.05, 3.63) is 0 Å². The minimum atomic E-state index is 0.240. The van der Waals surface area contributed by atoms with Gasteiger partial charge in [0.15, 0.2) is 0 Å². The quantitative estimate of drug-likeness (QED) is 0.482. The molecule has 2 aliphatic rings. The molecule has 136 valence electrons. The van der Waals surface area contributed by atoms with Crippen molar-refractivity contribution in [3.63, 3.8) is 0 Å². The Morgan fingerprint density at radius 2 is 1.96 bits per heavy atom. The van der Waals surface area contributed by atoms with Crippen LogP contribution < -0.4 is 0 Å². The third-order valence-corrected chi connectivity index (χ3v) is 5.63. The lowest BCUT2D eigenvalue weighted by Gasteiger charge is -2.49. The Balaban J connectivity index is 1.57. The molecule has 4 unspecified atom stereocenters. The van der Waals surface area contributed by atoms with Gasteiger partial charge in [0, 0.05) is 25.0 Å². The second kappa shape index (κ2) is 9.97. The van der Waals surface area contributed by atoms with Crippen molar-refractivity contribution >= 4 is 0 Å². The maximum Gasteiger partial charge on any atom is 0.0676 e. The molecule has 23 heavy (non-hydrogen) atoms. The molecular formula is C19H36O4. The molecule has 0 spiro atoms. The number of rotatable bonds is 13. The molecule has 0 aromatic rings. The van der Waals surface area contributed by atoms with E-state index in [0.29, 0.717) is 18.1 Å². The molecule has 4 heteroatoms. The molecule has 0 saturated carbocycles. The summed E-state index contributed by atoms with van der Waals surface area (Å²) in [4.78, 5) is 0. The zero-order chi connectivity index (χ0) is 16.5. The number of hydrogen-bond acceptors (Lipinski definition) is 4. The van der Waals surface area contributed by atoms with Crippen LogP contribution in [0.5, 0.6) is 0 Å². The number of ether oxygens (including phenoxy) is 4. The van der Waals surface area contributed by atoms with Gasteiger partial charge in [-0.2, -0.15) is 0 Å². The summed E-state index contributed by atoms with van der Waals surface area (Å²) in [5, 5.41) is 0. The second-order valence-corrected chi connectivity index (χ2v) is 7.29. The summed E-state index contributed by atoms with van der Waals surface area (Å²) in [5.41, 5.74) is 0.240. The molecule has 0 aliphatic carbocycles. The lowest BCUT2D eigenvalue weighted by Crippen LogP contribution is -2.55. The van der Waals surface area contributed by atoms with E-state index in [9.17, 15) is 0 Å². The highest BCUT2D eigenvalue weighted by atomic mass is 16.5. The minimum Gasteiger partial charge on any atom is -0.384 e. The van der Waals surface area contributed by atoms with Gasteiger partial charge in [0.05, 0.1) is 38.6 Å². The van der Waals surface area contributed by atoms with Gasteiger partial charge in [0.1, 0.15) is 0 Å². The summed E-state index contributed by atoms with van der Waals surface area (Å²) in [6.07, 6.45) is 9.08. The highest BCUT2D eigenvalue weighted by Crippen LogP contribution is 2.42. The van der Waals surface area contributed by atoms with Crippen molar-refractivity contribution in [2.75, 3.05) is 40.1 Å². The molecule has 4 nitrogen and oxygen atoms in total. The first kappa shape index (κ1) is 19.2. The van der Waals surface area contributed by atoms with E-state index in [2.05, 4.69) is 13.8 Å². The first-order valence-electron chi connectivity index (χ1n) is 9.55. The second-order valence-electron chi connectivity index (χ2n) is 7.29. The lowest BCUT2D eigenvalue weighted by atomic mass is 9.74. The summed E-state index contributed by atoms with van der Waals surface area (Å²) < 4.78 is 22.8. The van der Waals surface area contributed by atoms with E-state index in [0.717, 1.165) is 52.3 Å². The van der Waals surface area contributed by atoms with E-state index in [1.54, 1.807) is 7.11 Å². The Hall–Kier alpha value is -0.160. The van der Waals surface area contributed by atoms with Crippen LogP contribution in [0.3, 0.4) is 0 Å². The minimum absolute atomic E-state index is 0.240. The van der Waals surface area contributed by atoms with E-state index in [1.165, 1.54) is 25.7 Å². The lowest BCUT2D eigenvalue weighted by molar-refractivity contribution is -0.220. The van der Waals surface area contributed by atoms with Crippen molar-refractivity contribution in [1.82, 2.24) is 0 Å². The third kappa shape index (κ3) is 5.15. The summed E-state index contributed by atoms with van der Waals surface area (Å²) in [6, 6.07) is 0. The first-order valence-corrected chi connectivity index (χ1v) is 9.55. The van der Waals surface area contributed by atoms with Crippen molar-refractivity contribution in [1.29, 1.82) is 0 Å². The highest BCUT2D eigenvalue weighted by Gasteiger charge is 2.47. The van der Waals surface area contributed by atoms with Gasteiger partial charge < -0.3 is 18.9 Å². The average molecular weight is 328 g/mol. The van der Waals surface area contributed by atoms with Gasteiger partial charge in [-0.15, -0.1) is 0 Å². The Kier molecular flexibility index (Phi) is 8.31. The molecule has 4 atom stereocenters.